The van der Waals surface area contributed by atoms with E-state index >= 15 is 0 Å². The zero-order valence-electron chi connectivity index (χ0n) is 12.1. The Bertz CT molecular complexity index is 811. The molecule has 0 spiro atoms. The van der Waals surface area contributed by atoms with Crippen LogP contribution >= 0.6 is 22.9 Å². The Morgan fingerprint density at radius 3 is 2.77 bits per heavy atom. The van der Waals surface area contributed by atoms with Crippen molar-refractivity contribution in [2.24, 2.45) is 0 Å². The number of aryl methyl sites for hydroxylation is 2. The zero-order chi connectivity index (χ0) is 15.5. The van der Waals surface area contributed by atoms with Gasteiger partial charge in [0.05, 0.1) is 10.2 Å². The third-order valence-corrected chi connectivity index (χ3v) is 4.53. The Hall–Kier alpha value is -1.91. The summed E-state index contributed by atoms with van der Waals surface area (Å²) in [5.74, 6) is -0.0225. The summed E-state index contributed by atoms with van der Waals surface area (Å²) in [7, 11) is 0. The van der Waals surface area contributed by atoms with Crippen LogP contribution in [-0.4, -0.2) is 10.9 Å². The first kappa shape index (κ1) is 15.0. The minimum Gasteiger partial charge on any atom is -0.302 e. The fraction of sp³-hybridized carbons (Fsp3) is 0.176. The van der Waals surface area contributed by atoms with Crippen LogP contribution < -0.4 is 5.32 Å². The Morgan fingerprint density at radius 2 is 2.00 bits per heavy atom. The van der Waals surface area contributed by atoms with Gasteiger partial charge in [-0.3, -0.25) is 4.79 Å². The van der Waals surface area contributed by atoms with E-state index in [1.165, 1.54) is 16.9 Å². The average Bonchev–Trinajstić information content (AvgIpc) is 2.88. The van der Waals surface area contributed by atoms with Crippen LogP contribution in [0, 0.1) is 6.92 Å². The van der Waals surface area contributed by atoms with Gasteiger partial charge in [0.1, 0.15) is 0 Å². The molecule has 1 heterocycles. The van der Waals surface area contributed by atoms with Crippen molar-refractivity contribution in [3.05, 3.63) is 58.6 Å². The highest BCUT2D eigenvalue weighted by Crippen LogP contribution is 2.26. The van der Waals surface area contributed by atoms with Gasteiger partial charge in [0, 0.05) is 11.4 Å². The van der Waals surface area contributed by atoms with E-state index in [1.807, 2.05) is 43.3 Å². The van der Waals surface area contributed by atoms with Crippen molar-refractivity contribution < 1.29 is 4.79 Å². The minimum absolute atomic E-state index is 0.0225. The van der Waals surface area contributed by atoms with Crippen LogP contribution in [-0.2, 0) is 11.2 Å². The van der Waals surface area contributed by atoms with Gasteiger partial charge in [0.2, 0.25) is 5.91 Å². The molecule has 1 aromatic heterocycles. The van der Waals surface area contributed by atoms with Gasteiger partial charge in [-0.1, -0.05) is 41.1 Å². The fourth-order valence-corrected chi connectivity index (χ4v) is 3.28. The van der Waals surface area contributed by atoms with Crippen molar-refractivity contribution in [2.45, 2.75) is 19.8 Å². The van der Waals surface area contributed by atoms with Crippen molar-refractivity contribution in [1.29, 1.82) is 0 Å². The number of thiazole rings is 1. The first-order valence-electron chi connectivity index (χ1n) is 7.02. The average molecular weight is 331 g/mol. The van der Waals surface area contributed by atoms with Crippen LogP contribution in [0.1, 0.15) is 17.5 Å². The molecule has 0 aliphatic rings. The second-order valence-corrected chi connectivity index (χ2v) is 6.63. The van der Waals surface area contributed by atoms with Crippen LogP contribution in [0.25, 0.3) is 10.2 Å². The minimum atomic E-state index is -0.0225. The molecule has 0 unspecified atom stereocenters. The summed E-state index contributed by atoms with van der Waals surface area (Å²) in [6.07, 6.45) is 1.11. The number of halogens is 1. The van der Waals surface area contributed by atoms with Gasteiger partial charge in [-0.25, -0.2) is 4.98 Å². The maximum Gasteiger partial charge on any atom is 0.226 e. The summed E-state index contributed by atoms with van der Waals surface area (Å²) < 4.78 is 1.09. The van der Waals surface area contributed by atoms with Gasteiger partial charge in [0.15, 0.2) is 5.13 Å². The molecule has 1 amide bonds. The smallest absolute Gasteiger partial charge is 0.226 e. The first-order chi connectivity index (χ1) is 10.6. The molecule has 0 aliphatic heterocycles. The van der Waals surface area contributed by atoms with Gasteiger partial charge < -0.3 is 5.32 Å². The van der Waals surface area contributed by atoms with Gasteiger partial charge in [-0.2, -0.15) is 0 Å². The summed E-state index contributed by atoms with van der Waals surface area (Å²) in [4.78, 5) is 16.5. The molecular weight excluding hydrogens is 316 g/mol. The van der Waals surface area contributed by atoms with Crippen molar-refractivity contribution in [3.63, 3.8) is 0 Å². The first-order valence-corrected chi connectivity index (χ1v) is 8.21. The molecule has 112 valence electrons. The lowest BCUT2D eigenvalue weighted by Crippen LogP contribution is -2.11. The highest BCUT2D eigenvalue weighted by atomic mass is 35.5. The number of carbonyl (C=O) groups excluding carboxylic acids is 1. The summed E-state index contributed by atoms with van der Waals surface area (Å²) in [6.45, 7) is 2.05. The lowest BCUT2D eigenvalue weighted by molar-refractivity contribution is -0.116. The fourth-order valence-electron chi connectivity index (χ4n) is 2.18. The predicted molar refractivity (Wildman–Crippen MR) is 92.8 cm³/mol. The van der Waals surface area contributed by atoms with Crippen LogP contribution in [0.15, 0.2) is 42.5 Å². The maximum absolute atomic E-state index is 12.0. The third kappa shape index (κ3) is 3.64. The Morgan fingerprint density at radius 1 is 1.23 bits per heavy atom. The molecular formula is C17H15ClN2OS. The molecule has 0 aliphatic carbocycles. The van der Waals surface area contributed by atoms with E-state index in [0.717, 1.165) is 15.8 Å². The lowest BCUT2D eigenvalue weighted by atomic mass is 10.1. The number of carbonyl (C=O) groups is 1. The molecule has 0 saturated heterocycles. The number of anilines is 1. The van der Waals surface area contributed by atoms with Crippen LogP contribution in [0.4, 0.5) is 5.13 Å². The van der Waals surface area contributed by atoms with Crippen molar-refractivity contribution in [3.8, 4) is 0 Å². The van der Waals surface area contributed by atoms with Crippen LogP contribution in [0.2, 0.25) is 5.02 Å². The summed E-state index contributed by atoms with van der Waals surface area (Å²) in [5.41, 5.74) is 3.21. The molecule has 0 fully saturated rings. The summed E-state index contributed by atoms with van der Waals surface area (Å²) in [6, 6.07) is 13.6. The van der Waals surface area contributed by atoms with Crippen LogP contribution in [0.5, 0.6) is 0 Å². The monoisotopic (exact) mass is 330 g/mol. The normalized spacial score (nSPS) is 10.8. The number of aromatic nitrogens is 1. The van der Waals surface area contributed by atoms with E-state index in [2.05, 4.69) is 16.4 Å². The molecule has 1 N–H and O–H groups in total. The number of rotatable bonds is 4. The highest BCUT2D eigenvalue weighted by molar-refractivity contribution is 7.22. The standard InChI is InChI=1S/C17H15ClN2OS/c1-11-2-8-14-15(10-11)22-17(19-14)20-16(21)9-5-12-3-6-13(18)7-4-12/h2-4,6-8,10H,5,9H2,1H3,(H,19,20,21). The number of benzene rings is 2. The molecule has 0 bridgehead atoms. The number of hydrogen-bond acceptors (Lipinski definition) is 3. The third-order valence-electron chi connectivity index (χ3n) is 3.34. The molecule has 3 rings (SSSR count). The second kappa shape index (κ2) is 6.46. The number of nitrogens with one attached hydrogen (secondary N) is 1. The molecule has 3 nitrogen and oxygen atoms in total. The Balaban J connectivity index is 1.61. The largest absolute Gasteiger partial charge is 0.302 e. The lowest BCUT2D eigenvalue weighted by Gasteiger charge is -2.02. The molecule has 2 aromatic carbocycles. The molecule has 0 atom stereocenters. The zero-order valence-corrected chi connectivity index (χ0v) is 13.7. The molecule has 0 radical (unpaired) electrons. The van der Waals surface area contributed by atoms with Crippen LogP contribution in [0.3, 0.4) is 0 Å². The van der Waals surface area contributed by atoms with E-state index < -0.39 is 0 Å². The topological polar surface area (TPSA) is 42.0 Å². The van der Waals surface area contributed by atoms with Crippen molar-refractivity contribution >= 4 is 44.2 Å². The van der Waals surface area contributed by atoms with Gasteiger partial charge in [-0.15, -0.1) is 0 Å². The van der Waals surface area contributed by atoms with E-state index in [0.29, 0.717) is 23.0 Å². The van der Waals surface area contributed by atoms with E-state index in [1.54, 1.807) is 0 Å². The molecule has 3 aromatic rings. The predicted octanol–water partition coefficient (Wildman–Crippen LogP) is 4.83. The highest BCUT2D eigenvalue weighted by Gasteiger charge is 2.08. The maximum atomic E-state index is 12.0. The number of amides is 1. The number of nitrogens with zero attached hydrogens (tertiary/aromatic N) is 1. The number of hydrogen-bond donors (Lipinski definition) is 1. The van der Waals surface area contributed by atoms with Crippen molar-refractivity contribution in [1.82, 2.24) is 4.98 Å². The van der Waals surface area contributed by atoms with Gasteiger partial charge in [-0.05, 0) is 48.7 Å². The van der Waals surface area contributed by atoms with Gasteiger partial charge >= 0.3 is 0 Å². The Kier molecular flexibility index (Phi) is 4.41. The van der Waals surface area contributed by atoms with E-state index in [-0.39, 0.29) is 5.91 Å². The number of fused-ring (bicyclic) bond motifs is 1. The van der Waals surface area contributed by atoms with Gasteiger partial charge in [0.25, 0.3) is 0 Å². The van der Waals surface area contributed by atoms with Crippen molar-refractivity contribution in [2.75, 3.05) is 5.32 Å². The summed E-state index contributed by atoms with van der Waals surface area (Å²) >= 11 is 7.35. The van der Waals surface area contributed by atoms with E-state index in [4.69, 9.17) is 11.6 Å². The van der Waals surface area contributed by atoms with E-state index in [9.17, 15) is 4.79 Å². The molecule has 5 heteroatoms. The molecule has 0 saturated carbocycles. The quantitative estimate of drug-likeness (QED) is 0.744. The molecule has 22 heavy (non-hydrogen) atoms. The Labute approximate surface area is 138 Å². The SMILES string of the molecule is Cc1ccc2nc(NC(=O)CCc3ccc(Cl)cc3)sc2c1. The second-order valence-electron chi connectivity index (χ2n) is 5.16. The summed E-state index contributed by atoms with van der Waals surface area (Å²) in [5, 5.41) is 4.24.